The first-order valence-corrected chi connectivity index (χ1v) is 37.3. The van der Waals surface area contributed by atoms with Crippen molar-refractivity contribution < 1.29 is 28.6 Å². The number of ether oxygens (including phenoxy) is 3. The van der Waals surface area contributed by atoms with Crippen LogP contribution in [0.4, 0.5) is 0 Å². The van der Waals surface area contributed by atoms with Gasteiger partial charge >= 0.3 is 17.9 Å². The zero-order chi connectivity index (χ0) is 59.2. The number of esters is 3. The summed E-state index contributed by atoms with van der Waals surface area (Å²) in [5.41, 5.74) is 0. The van der Waals surface area contributed by atoms with Gasteiger partial charge in [-0.1, -0.05) is 360 Å². The van der Waals surface area contributed by atoms with E-state index in [1.165, 1.54) is 327 Å². The Bertz CT molecular complexity index is 1320. The first kappa shape index (κ1) is 79.9. The fourth-order valence-electron chi connectivity index (χ4n) is 11.6. The van der Waals surface area contributed by atoms with Gasteiger partial charge in [0.15, 0.2) is 6.10 Å². The van der Waals surface area contributed by atoms with Gasteiger partial charge in [0.1, 0.15) is 13.2 Å². The number of carbonyl (C=O) groups excluding carboxylic acids is 3. The molecular weight excluding hydrogens is 1010 g/mol. The summed E-state index contributed by atoms with van der Waals surface area (Å²) in [5, 5.41) is 0. The fourth-order valence-corrected chi connectivity index (χ4v) is 11.6. The van der Waals surface area contributed by atoms with E-state index in [9.17, 15) is 14.4 Å². The molecular formula is C76H144O6. The second-order valence-electron chi connectivity index (χ2n) is 25.6. The van der Waals surface area contributed by atoms with E-state index in [0.717, 1.165) is 57.8 Å². The lowest BCUT2D eigenvalue weighted by Gasteiger charge is -2.18. The maximum absolute atomic E-state index is 12.9. The number of unbranched alkanes of at least 4 members (excludes halogenated alkanes) is 55. The molecule has 6 nitrogen and oxygen atoms in total. The Kier molecular flexibility index (Phi) is 69.5. The summed E-state index contributed by atoms with van der Waals surface area (Å²) < 4.78 is 17.0. The van der Waals surface area contributed by atoms with Crippen LogP contribution in [0.1, 0.15) is 425 Å². The molecule has 0 aliphatic carbocycles. The largest absolute Gasteiger partial charge is 0.462 e. The highest BCUT2D eigenvalue weighted by molar-refractivity contribution is 5.71. The number of hydrogen-bond acceptors (Lipinski definition) is 6. The molecule has 0 rings (SSSR count). The molecule has 6 heteroatoms. The lowest BCUT2D eigenvalue weighted by Crippen LogP contribution is -2.30. The van der Waals surface area contributed by atoms with E-state index < -0.39 is 6.10 Å². The Hall–Kier alpha value is -2.11. The molecule has 484 valence electrons. The van der Waals surface area contributed by atoms with Crippen LogP contribution in [0, 0.1) is 0 Å². The second-order valence-corrected chi connectivity index (χ2v) is 25.6. The van der Waals surface area contributed by atoms with Gasteiger partial charge in [0.25, 0.3) is 0 Å². The van der Waals surface area contributed by atoms with Crippen molar-refractivity contribution in [1.82, 2.24) is 0 Å². The van der Waals surface area contributed by atoms with Crippen molar-refractivity contribution >= 4 is 17.9 Å². The van der Waals surface area contributed by atoms with Gasteiger partial charge < -0.3 is 14.2 Å². The molecule has 0 spiro atoms. The minimum atomic E-state index is -0.770. The Morgan fingerprint density at radius 3 is 0.610 bits per heavy atom. The smallest absolute Gasteiger partial charge is 0.306 e. The van der Waals surface area contributed by atoms with E-state index in [1.54, 1.807) is 0 Å². The normalized spacial score (nSPS) is 12.1. The molecule has 82 heavy (non-hydrogen) atoms. The number of allylic oxidation sites excluding steroid dienone is 4. The first-order chi connectivity index (χ1) is 40.5. The topological polar surface area (TPSA) is 78.9 Å². The molecule has 0 radical (unpaired) electrons. The predicted molar refractivity (Wildman–Crippen MR) is 358 cm³/mol. The van der Waals surface area contributed by atoms with Gasteiger partial charge in [-0.05, 0) is 70.6 Å². The standard InChI is InChI=1S/C76H144O6/c1-4-7-10-13-16-19-22-25-27-29-31-32-33-34-35-36-37-38-39-40-41-42-43-44-45-47-48-51-54-57-60-63-66-69-75(78)81-72-73(71-80-74(77)68-65-62-59-56-53-50-24-21-18-15-12-9-6-3)82-76(79)70-67-64-61-58-55-52-49-46-30-28-26-23-20-17-14-11-8-5-2/h28-31,73H,4-27,32-72H2,1-3H3/b30-28-,31-29-. The predicted octanol–water partition coefficient (Wildman–Crippen LogP) is 25.7. The average molecular weight is 1150 g/mol. The first-order valence-electron chi connectivity index (χ1n) is 37.3. The molecule has 0 aromatic heterocycles. The molecule has 0 bridgehead atoms. The minimum absolute atomic E-state index is 0.0662. The van der Waals surface area contributed by atoms with Crippen molar-refractivity contribution in [3.05, 3.63) is 24.3 Å². The van der Waals surface area contributed by atoms with E-state index in [2.05, 4.69) is 45.1 Å². The Morgan fingerprint density at radius 1 is 0.232 bits per heavy atom. The van der Waals surface area contributed by atoms with Crippen LogP contribution in [0.3, 0.4) is 0 Å². The summed E-state index contributed by atoms with van der Waals surface area (Å²) in [6.07, 6.45) is 88.0. The van der Waals surface area contributed by atoms with Crippen LogP contribution in [-0.2, 0) is 28.6 Å². The Labute approximate surface area is 513 Å². The molecule has 0 N–H and O–H groups in total. The van der Waals surface area contributed by atoms with Crippen molar-refractivity contribution in [2.45, 2.75) is 431 Å². The van der Waals surface area contributed by atoms with Crippen LogP contribution in [0.15, 0.2) is 24.3 Å². The van der Waals surface area contributed by atoms with Gasteiger partial charge in [0, 0.05) is 19.3 Å². The highest BCUT2D eigenvalue weighted by atomic mass is 16.6. The van der Waals surface area contributed by atoms with E-state index >= 15 is 0 Å². The maximum atomic E-state index is 12.9. The van der Waals surface area contributed by atoms with Gasteiger partial charge in [-0.25, -0.2) is 0 Å². The second kappa shape index (κ2) is 71.4. The molecule has 0 fully saturated rings. The van der Waals surface area contributed by atoms with Gasteiger partial charge in [-0.15, -0.1) is 0 Å². The SMILES string of the molecule is CCCCCCCCC/C=C\CCCCCCCCCC(=O)OC(COC(=O)CCCCCCCCCCCCCCC)COC(=O)CCCCCCCCCCCCCCCCCCCCCCC/C=C\CCCCCCCCCC. The molecule has 0 heterocycles. The Morgan fingerprint density at radius 2 is 0.402 bits per heavy atom. The molecule has 0 aromatic carbocycles. The van der Waals surface area contributed by atoms with E-state index in [1.807, 2.05) is 0 Å². The summed E-state index contributed by atoms with van der Waals surface area (Å²) in [5.74, 6) is -0.837. The third kappa shape index (κ3) is 68.7. The van der Waals surface area contributed by atoms with Gasteiger partial charge in [-0.2, -0.15) is 0 Å². The molecule has 0 aromatic rings. The zero-order valence-corrected chi connectivity index (χ0v) is 55.8. The highest BCUT2D eigenvalue weighted by Gasteiger charge is 2.20. The summed E-state index contributed by atoms with van der Waals surface area (Å²) in [6.45, 7) is 6.71. The molecule has 1 unspecified atom stereocenters. The fraction of sp³-hybridized carbons (Fsp3) is 0.908. The van der Waals surface area contributed by atoms with Gasteiger partial charge in [-0.3, -0.25) is 14.4 Å². The van der Waals surface area contributed by atoms with Crippen LogP contribution in [0.2, 0.25) is 0 Å². The summed E-state index contributed by atoms with van der Waals surface area (Å²) in [6, 6.07) is 0. The van der Waals surface area contributed by atoms with E-state index in [4.69, 9.17) is 14.2 Å². The van der Waals surface area contributed by atoms with Gasteiger partial charge in [0.2, 0.25) is 0 Å². The molecule has 0 saturated carbocycles. The number of hydrogen-bond donors (Lipinski definition) is 0. The monoisotopic (exact) mass is 1150 g/mol. The number of carbonyl (C=O) groups is 3. The van der Waals surface area contributed by atoms with Crippen LogP contribution < -0.4 is 0 Å². The van der Waals surface area contributed by atoms with Crippen molar-refractivity contribution in [3.8, 4) is 0 Å². The zero-order valence-electron chi connectivity index (χ0n) is 55.8. The summed E-state index contributed by atoms with van der Waals surface area (Å²) >= 11 is 0. The van der Waals surface area contributed by atoms with Crippen LogP contribution in [-0.4, -0.2) is 37.2 Å². The van der Waals surface area contributed by atoms with Crippen molar-refractivity contribution in [2.75, 3.05) is 13.2 Å². The van der Waals surface area contributed by atoms with E-state index in [0.29, 0.717) is 19.3 Å². The maximum Gasteiger partial charge on any atom is 0.306 e. The lowest BCUT2D eigenvalue weighted by atomic mass is 10.0. The van der Waals surface area contributed by atoms with Crippen LogP contribution >= 0.6 is 0 Å². The van der Waals surface area contributed by atoms with E-state index in [-0.39, 0.29) is 31.1 Å². The third-order valence-corrected chi connectivity index (χ3v) is 17.2. The summed E-state index contributed by atoms with van der Waals surface area (Å²) in [4.78, 5) is 38.4. The van der Waals surface area contributed by atoms with Crippen LogP contribution in [0.25, 0.3) is 0 Å². The average Bonchev–Trinajstić information content (AvgIpc) is 3.47. The molecule has 1 atom stereocenters. The lowest BCUT2D eigenvalue weighted by molar-refractivity contribution is -0.167. The molecule has 0 aliphatic heterocycles. The third-order valence-electron chi connectivity index (χ3n) is 17.2. The van der Waals surface area contributed by atoms with Crippen LogP contribution in [0.5, 0.6) is 0 Å². The molecule has 0 amide bonds. The summed E-state index contributed by atoms with van der Waals surface area (Å²) in [7, 11) is 0. The molecule has 0 aliphatic rings. The van der Waals surface area contributed by atoms with Crippen molar-refractivity contribution in [2.24, 2.45) is 0 Å². The number of rotatable bonds is 70. The van der Waals surface area contributed by atoms with Crippen molar-refractivity contribution in [3.63, 3.8) is 0 Å². The highest BCUT2D eigenvalue weighted by Crippen LogP contribution is 2.19. The molecule has 0 saturated heterocycles. The van der Waals surface area contributed by atoms with Gasteiger partial charge in [0.05, 0.1) is 0 Å². The Balaban J connectivity index is 4.10. The van der Waals surface area contributed by atoms with Crippen molar-refractivity contribution in [1.29, 1.82) is 0 Å². The minimum Gasteiger partial charge on any atom is -0.462 e. The quantitative estimate of drug-likeness (QED) is 0.0261.